The van der Waals surface area contributed by atoms with Gasteiger partial charge in [0.05, 0.1) is 27.9 Å². The van der Waals surface area contributed by atoms with Crippen LogP contribution >= 0.6 is 11.3 Å². The lowest BCUT2D eigenvalue weighted by atomic mass is 9.78. The minimum Gasteiger partial charge on any atom is -0.454 e. The van der Waals surface area contributed by atoms with E-state index in [4.69, 9.17) is 13.7 Å². The van der Waals surface area contributed by atoms with E-state index in [1.807, 2.05) is 23.5 Å². The second-order valence-electron chi connectivity index (χ2n) is 14.0. The van der Waals surface area contributed by atoms with Crippen molar-refractivity contribution in [2.45, 2.75) is 38.9 Å². The Bertz CT molecular complexity index is 2750. The van der Waals surface area contributed by atoms with E-state index >= 15 is 0 Å². The number of furan rings is 1. The van der Waals surface area contributed by atoms with Crippen LogP contribution in [0.5, 0.6) is 0 Å². The molecule has 1 saturated heterocycles. The molecule has 232 valence electrons. The molecule has 3 aromatic heterocycles. The second-order valence-corrected chi connectivity index (χ2v) is 15.0. The van der Waals surface area contributed by atoms with E-state index in [-0.39, 0.29) is 0 Å². The standard InChI is InChI=1S/C42H32BNO3S/c1-41(2)42(3,4)47-43(46-41)26-20-22-35-33(24-26)32-23-25(27-13-9-15-31-29-12-6-8-18-38(29)48-40(27)31)19-21-34(32)44(35)36-16-10-14-30-28-11-5-7-17-37(28)45-39(30)36/h5-24H,1-4H3. The maximum atomic E-state index is 6.57. The largest absolute Gasteiger partial charge is 0.494 e. The van der Waals surface area contributed by atoms with Crippen LogP contribution in [0.4, 0.5) is 0 Å². The van der Waals surface area contributed by atoms with Crippen molar-refractivity contribution in [2.75, 3.05) is 0 Å². The van der Waals surface area contributed by atoms with Crippen molar-refractivity contribution in [3.63, 3.8) is 0 Å². The smallest absolute Gasteiger partial charge is 0.454 e. The summed E-state index contributed by atoms with van der Waals surface area (Å²) in [6.07, 6.45) is 0. The molecule has 0 amide bonds. The molecule has 0 unspecified atom stereocenters. The van der Waals surface area contributed by atoms with E-state index in [0.29, 0.717) is 0 Å². The minimum absolute atomic E-state index is 0.423. The number of hydrogen-bond donors (Lipinski definition) is 0. The Morgan fingerprint density at radius 2 is 1.25 bits per heavy atom. The van der Waals surface area contributed by atoms with Gasteiger partial charge in [0.2, 0.25) is 0 Å². The lowest BCUT2D eigenvalue weighted by Gasteiger charge is -2.32. The van der Waals surface area contributed by atoms with Crippen LogP contribution < -0.4 is 5.46 Å². The van der Waals surface area contributed by atoms with Gasteiger partial charge in [0.15, 0.2) is 5.58 Å². The van der Waals surface area contributed by atoms with Crippen LogP contribution in [0, 0.1) is 0 Å². The molecule has 6 heteroatoms. The molecular weight excluding hydrogens is 609 g/mol. The third kappa shape index (κ3) is 3.91. The fourth-order valence-corrected chi connectivity index (χ4v) is 8.71. The number of fused-ring (bicyclic) bond motifs is 9. The Kier molecular flexibility index (Phi) is 5.77. The average molecular weight is 642 g/mol. The predicted octanol–water partition coefficient (Wildman–Crippen LogP) is 11.0. The molecule has 4 heterocycles. The molecule has 1 fully saturated rings. The monoisotopic (exact) mass is 641 g/mol. The van der Waals surface area contributed by atoms with Crippen molar-refractivity contribution in [1.82, 2.24) is 4.57 Å². The van der Waals surface area contributed by atoms with Crippen LogP contribution in [-0.4, -0.2) is 22.9 Å². The normalized spacial score (nSPS) is 16.0. The van der Waals surface area contributed by atoms with Gasteiger partial charge in [0.1, 0.15) is 5.58 Å². The van der Waals surface area contributed by atoms with Crippen molar-refractivity contribution in [3.05, 3.63) is 121 Å². The van der Waals surface area contributed by atoms with E-state index in [2.05, 4.69) is 141 Å². The van der Waals surface area contributed by atoms with Gasteiger partial charge in [0, 0.05) is 41.7 Å². The third-order valence-electron chi connectivity index (χ3n) is 10.7. The summed E-state index contributed by atoms with van der Waals surface area (Å²) in [5.41, 5.74) is 7.63. The SMILES string of the molecule is CC1(C)OB(c2ccc3c(c2)c2cc(-c4cccc5c4sc4ccccc45)ccc2n3-c2cccc3c2oc2ccccc23)OC1(C)C. The molecule has 1 aliphatic heterocycles. The molecule has 1 aliphatic rings. The molecule has 0 N–H and O–H groups in total. The van der Waals surface area contributed by atoms with Crippen molar-refractivity contribution in [2.24, 2.45) is 0 Å². The fraction of sp³-hybridized carbons (Fsp3) is 0.143. The zero-order valence-corrected chi connectivity index (χ0v) is 28.0. The highest BCUT2D eigenvalue weighted by Gasteiger charge is 2.51. The maximum Gasteiger partial charge on any atom is 0.494 e. The minimum atomic E-state index is -0.452. The van der Waals surface area contributed by atoms with Crippen LogP contribution in [0.3, 0.4) is 0 Å². The molecule has 0 atom stereocenters. The van der Waals surface area contributed by atoms with Gasteiger partial charge in [-0.05, 0) is 80.7 Å². The molecule has 0 spiro atoms. The van der Waals surface area contributed by atoms with Crippen molar-refractivity contribution in [3.8, 4) is 16.8 Å². The Labute approximate surface area is 282 Å². The van der Waals surface area contributed by atoms with Gasteiger partial charge >= 0.3 is 7.12 Å². The topological polar surface area (TPSA) is 36.5 Å². The number of hydrogen-bond acceptors (Lipinski definition) is 4. The number of aromatic nitrogens is 1. The van der Waals surface area contributed by atoms with Crippen LogP contribution in [-0.2, 0) is 9.31 Å². The molecule has 10 rings (SSSR count). The lowest BCUT2D eigenvalue weighted by Crippen LogP contribution is -2.41. The molecule has 0 saturated carbocycles. The quantitative estimate of drug-likeness (QED) is 0.180. The first kappa shape index (κ1) is 28.2. The Hall–Kier alpha value is -4.88. The zero-order valence-electron chi connectivity index (χ0n) is 27.2. The number of para-hydroxylation sites is 2. The highest BCUT2D eigenvalue weighted by atomic mass is 32.1. The predicted molar refractivity (Wildman–Crippen MR) is 202 cm³/mol. The highest BCUT2D eigenvalue weighted by Crippen LogP contribution is 2.43. The molecule has 0 radical (unpaired) electrons. The maximum absolute atomic E-state index is 6.57. The molecule has 48 heavy (non-hydrogen) atoms. The summed E-state index contributed by atoms with van der Waals surface area (Å²) in [7, 11) is -0.452. The summed E-state index contributed by atoms with van der Waals surface area (Å²) >= 11 is 1.87. The number of nitrogens with zero attached hydrogens (tertiary/aromatic N) is 1. The number of benzene rings is 6. The first-order valence-corrected chi connectivity index (χ1v) is 17.3. The summed E-state index contributed by atoms with van der Waals surface area (Å²) < 4.78 is 24.6. The first-order valence-electron chi connectivity index (χ1n) is 16.5. The molecular formula is C42H32BNO3S. The number of thiophene rings is 1. The molecule has 9 aromatic rings. The summed E-state index contributed by atoms with van der Waals surface area (Å²) in [5.74, 6) is 0. The van der Waals surface area contributed by atoms with Crippen molar-refractivity contribution in [1.29, 1.82) is 0 Å². The molecule has 0 aliphatic carbocycles. The Balaban J connectivity index is 1.25. The van der Waals surface area contributed by atoms with Gasteiger partial charge < -0.3 is 18.3 Å². The first-order chi connectivity index (χ1) is 23.3. The van der Waals surface area contributed by atoms with Crippen LogP contribution in [0.15, 0.2) is 126 Å². The van der Waals surface area contributed by atoms with Gasteiger partial charge in [-0.1, -0.05) is 84.9 Å². The van der Waals surface area contributed by atoms with Crippen molar-refractivity contribution < 1.29 is 13.7 Å². The molecule has 0 bridgehead atoms. The zero-order chi connectivity index (χ0) is 32.4. The average Bonchev–Trinajstić information content (AvgIpc) is 3.81. The summed E-state index contributed by atoms with van der Waals surface area (Å²) in [4.78, 5) is 0. The third-order valence-corrected chi connectivity index (χ3v) is 11.9. The second kappa shape index (κ2) is 9.83. The van der Waals surface area contributed by atoms with E-state index in [0.717, 1.165) is 49.5 Å². The lowest BCUT2D eigenvalue weighted by molar-refractivity contribution is 0.00578. The van der Waals surface area contributed by atoms with Gasteiger partial charge in [-0.15, -0.1) is 11.3 Å². The molecule has 4 nitrogen and oxygen atoms in total. The van der Waals surface area contributed by atoms with Gasteiger partial charge in [0.25, 0.3) is 0 Å². The van der Waals surface area contributed by atoms with Crippen LogP contribution in [0.1, 0.15) is 27.7 Å². The van der Waals surface area contributed by atoms with Crippen molar-refractivity contribution >= 4 is 87.8 Å². The van der Waals surface area contributed by atoms with Gasteiger partial charge in [-0.2, -0.15) is 0 Å². The van der Waals surface area contributed by atoms with E-state index in [1.54, 1.807) is 0 Å². The Morgan fingerprint density at radius 3 is 2.08 bits per heavy atom. The van der Waals surface area contributed by atoms with Crippen LogP contribution in [0.25, 0.3) is 80.7 Å². The summed E-state index contributed by atoms with van der Waals surface area (Å²) in [5, 5.41) is 7.16. The Morgan fingerprint density at radius 1 is 0.583 bits per heavy atom. The highest BCUT2D eigenvalue weighted by molar-refractivity contribution is 7.26. The van der Waals surface area contributed by atoms with E-state index < -0.39 is 18.3 Å². The molecule has 6 aromatic carbocycles. The van der Waals surface area contributed by atoms with E-state index in [9.17, 15) is 0 Å². The summed E-state index contributed by atoms with van der Waals surface area (Å²) in [6, 6.07) is 43.6. The van der Waals surface area contributed by atoms with Gasteiger partial charge in [-0.25, -0.2) is 0 Å². The number of rotatable bonds is 3. The van der Waals surface area contributed by atoms with Crippen LogP contribution in [0.2, 0.25) is 0 Å². The van der Waals surface area contributed by atoms with E-state index in [1.165, 1.54) is 36.7 Å². The fourth-order valence-electron chi connectivity index (χ4n) is 7.48. The van der Waals surface area contributed by atoms with Gasteiger partial charge in [-0.3, -0.25) is 0 Å². The summed E-state index contributed by atoms with van der Waals surface area (Å²) in [6.45, 7) is 8.41.